The Bertz CT molecular complexity index is 690. The molecule has 3 nitrogen and oxygen atoms in total. The maximum absolute atomic E-state index is 11.5. The Kier molecular flexibility index (Phi) is 3.91. The highest BCUT2D eigenvalue weighted by atomic mass is 35.5. The largest absolute Gasteiger partial charge is 0.300 e. The van der Waals surface area contributed by atoms with Crippen molar-refractivity contribution in [2.45, 2.75) is 0 Å². The highest BCUT2D eigenvalue weighted by molar-refractivity contribution is 8.18. The van der Waals surface area contributed by atoms with Gasteiger partial charge >= 0.3 is 0 Å². The summed E-state index contributed by atoms with van der Waals surface area (Å²) >= 11 is 8.62. The maximum atomic E-state index is 11.5. The number of thioether (sulfide) groups is 1. The molecule has 0 bridgehead atoms. The SMILES string of the molecule is O=C1NC(=Nc2ccc(Cl)cc2)C(=Cc2cccs2)S1. The monoisotopic (exact) mass is 320 g/mol. The molecule has 1 fully saturated rings. The van der Waals surface area contributed by atoms with Crippen LogP contribution in [0.2, 0.25) is 5.02 Å². The molecule has 1 saturated heterocycles. The Morgan fingerprint density at radius 2 is 2.00 bits per heavy atom. The van der Waals surface area contributed by atoms with Crippen molar-refractivity contribution in [3.05, 3.63) is 56.6 Å². The zero-order chi connectivity index (χ0) is 13.9. The number of aliphatic imine (C=N–C) groups is 1. The van der Waals surface area contributed by atoms with Gasteiger partial charge in [0.05, 0.1) is 10.6 Å². The van der Waals surface area contributed by atoms with Gasteiger partial charge in [-0.3, -0.25) is 4.79 Å². The average Bonchev–Trinajstić information content (AvgIpc) is 3.03. The van der Waals surface area contributed by atoms with Gasteiger partial charge in [-0.25, -0.2) is 4.99 Å². The first kappa shape index (κ1) is 13.4. The lowest BCUT2D eigenvalue weighted by molar-refractivity contribution is 0.265. The van der Waals surface area contributed by atoms with Crippen molar-refractivity contribution in [1.82, 2.24) is 5.32 Å². The van der Waals surface area contributed by atoms with Crippen molar-refractivity contribution in [1.29, 1.82) is 0 Å². The van der Waals surface area contributed by atoms with Gasteiger partial charge in [-0.2, -0.15) is 0 Å². The molecule has 1 N–H and O–H groups in total. The summed E-state index contributed by atoms with van der Waals surface area (Å²) < 4.78 is 0. The van der Waals surface area contributed by atoms with Crippen LogP contribution >= 0.6 is 34.7 Å². The number of amidine groups is 1. The second-order valence-electron chi connectivity index (χ2n) is 3.98. The average molecular weight is 321 g/mol. The minimum Gasteiger partial charge on any atom is -0.300 e. The number of halogens is 1. The lowest BCUT2D eigenvalue weighted by Crippen LogP contribution is -2.18. The smallest absolute Gasteiger partial charge is 0.289 e. The number of nitrogens with zero attached hydrogens (tertiary/aromatic N) is 1. The first-order valence-corrected chi connectivity index (χ1v) is 7.87. The minimum atomic E-state index is -0.111. The maximum Gasteiger partial charge on any atom is 0.289 e. The highest BCUT2D eigenvalue weighted by Gasteiger charge is 2.23. The van der Waals surface area contributed by atoms with E-state index in [9.17, 15) is 4.79 Å². The van der Waals surface area contributed by atoms with E-state index in [1.54, 1.807) is 23.5 Å². The lowest BCUT2D eigenvalue weighted by atomic mass is 10.3. The lowest BCUT2D eigenvalue weighted by Gasteiger charge is -1.99. The van der Waals surface area contributed by atoms with Gasteiger partial charge in [-0.05, 0) is 53.5 Å². The predicted octanol–water partition coefficient (Wildman–Crippen LogP) is 4.93. The van der Waals surface area contributed by atoms with E-state index in [-0.39, 0.29) is 5.24 Å². The topological polar surface area (TPSA) is 41.5 Å². The van der Waals surface area contributed by atoms with Crippen LogP contribution in [0.3, 0.4) is 0 Å². The van der Waals surface area contributed by atoms with E-state index in [0.717, 1.165) is 27.2 Å². The number of carbonyl (C=O) groups is 1. The van der Waals surface area contributed by atoms with E-state index >= 15 is 0 Å². The van der Waals surface area contributed by atoms with Gasteiger partial charge in [-0.1, -0.05) is 17.7 Å². The van der Waals surface area contributed by atoms with Crippen LogP contribution in [0.4, 0.5) is 10.5 Å². The second-order valence-corrected chi connectivity index (χ2v) is 6.41. The van der Waals surface area contributed by atoms with Crippen LogP contribution in [0.25, 0.3) is 6.08 Å². The molecule has 0 atom stereocenters. The number of hydrogen-bond donors (Lipinski definition) is 1. The molecule has 6 heteroatoms. The fourth-order valence-corrected chi connectivity index (χ4v) is 3.24. The number of carbonyl (C=O) groups excluding carboxylic acids is 1. The van der Waals surface area contributed by atoms with Crippen molar-refractivity contribution in [3.8, 4) is 0 Å². The number of amides is 1. The van der Waals surface area contributed by atoms with Crippen LogP contribution in [0, 0.1) is 0 Å². The third kappa shape index (κ3) is 3.12. The van der Waals surface area contributed by atoms with Crippen molar-refractivity contribution in [2.24, 2.45) is 4.99 Å². The summed E-state index contributed by atoms with van der Waals surface area (Å²) in [5.74, 6) is 0.579. The highest BCUT2D eigenvalue weighted by Crippen LogP contribution is 2.29. The first-order valence-electron chi connectivity index (χ1n) is 5.79. The molecule has 0 unspecified atom stereocenters. The number of benzene rings is 1. The van der Waals surface area contributed by atoms with E-state index in [1.807, 2.05) is 35.7 Å². The zero-order valence-corrected chi connectivity index (χ0v) is 12.6. The molecule has 1 aromatic heterocycles. The molecule has 0 radical (unpaired) electrons. The van der Waals surface area contributed by atoms with Crippen LogP contribution in [-0.4, -0.2) is 11.1 Å². The Morgan fingerprint density at radius 1 is 1.20 bits per heavy atom. The summed E-state index contributed by atoms with van der Waals surface area (Å²) in [7, 11) is 0. The summed E-state index contributed by atoms with van der Waals surface area (Å²) in [5.41, 5.74) is 0.754. The molecular formula is C14H9ClN2OS2. The van der Waals surface area contributed by atoms with Gasteiger partial charge in [0.25, 0.3) is 5.24 Å². The van der Waals surface area contributed by atoms with Crippen LogP contribution < -0.4 is 5.32 Å². The number of thiophene rings is 1. The van der Waals surface area contributed by atoms with E-state index in [1.165, 1.54) is 0 Å². The van der Waals surface area contributed by atoms with Crippen LogP contribution in [-0.2, 0) is 0 Å². The molecule has 0 saturated carbocycles. The molecule has 20 heavy (non-hydrogen) atoms. The van der Waals surface area contributed by atoms with Crippen molar-refractivity contribution in [2.75, 3.05) is 0 Å². The fraction of sp³-hybridized carbons (Fsp3) is 0. The van der Waals surface area contributed by atoms with Crippen molar-refractivity contribution in [3.63, 3.8) is 0 Å². The molecule has 2 heterocycles. The van der Waals surface area contributed by atoms with Crippen LogP contribution in [0.5, 0.6) is 0 Å². The molecule has 100 valence electrons. The van der Waals surface area contributed by atoms with E-state index in [4.69, 9.17) is 11.6 Å². The van der Waals surface area contributed by atoms with Crippen molar-refractivity contribution < 1.29 is 4.79 Å². The van der Waals surface area contributed by atoms with E-state index in [2.05, 4.69) is 10.3 Å². The number of nitrogens with one attached hydrogen (secondary N) is 1. The molecule has 0 aliphatic carbocycles. The minimum absolute atomic E-state index is 0.111. The molecule has 0 spiro atoms. The summed E-state index contributed by atoms with van der Waals surface area (Å²) in [6, 6.07) is 11.1. The molecule has 1 amide bonds. The van der Waals surface area contributed by atoms with E-state index < -0.39 is 0 Å². The van der Waals surface area contributed by atoms with Gasteiger partial charge in [0.2, 0.25) is 0 Å². The first-order chi connectivity index (χ1) is 9.70. The standard InChI is InChI=1S/C14H9ClN2OS2/c15-9-3-5-10(6-4-9)16-13-12(20-14(18)17-13)8-11-2-1-7-19-11/h1-8H,(H,16,17,18). The molecule has 3 rings (SSSR count). The fourth-order valence-electron chi connectivity index (χ4n) is 1.66. The van der Waals surface area contributed by atoms with E-state index in [0.29, 0.717) is 10.9 Å². The Labute approximate surface area is 129 Å². The summed E-state index contributed by atoms with van der Waals surface area (Å²) in [5, 5.41) is 5.30. The third-order valence-corrected chi connectivity index (χ3v) is 4.43. The van der Waals surface area contributed by atoms with Crippen LogP contribution in [0.1, 0.15) is 4.88 Å². The molecule has 1 aliphatic rings. The van der Waals surface area contributed by atoms with Crippen LogP contribution in [0.15, 0.2) is 51.7 Å². The zero-order valence-electron chi connectivity index (χ0n) is 10.2. The Hall–Kier alpha value is -1.56. The number of hydrogen-bond acceptors (Lipinski definition) is 4. The summed E-state index contributed by atoms with van der Waals surface area (Å²) in [4.78, 5) is 17.9. The Balaban J connectivity index is 1.94. The van der Waals surface area contributed by atoms with Gasteiger partial charge < -0.3 is 5.32 Å². The number of rotatable bonds is 2. The third-order valence-electron chi connectivity index (χ3n) is 2.54. The molecule has 1 aliphatic heterocycles. The van der Waals surface area contributed by atoms with Gasteiger partial charge in [0, 0.05) is 9.90 Å². The van der Waals surface area contributed by atoms with Crippen molar-refractivity contribution >= 4 is 57.5 Å². The molecular weight excluding hydrogens is 312 g/mol. The summed E-state index contributed by atoms with van der Waals surface area (Å²) in [6.07, 6.45) is 1.96. The summed E-state index contributed by atoms with van der Waals surface area (Å²) in [6.45, 7) is 0. The van der Waals surface area contributed by atoms with Gasteiger partial charge in [0.15, 0.2) is 0 Å². The normalized spacial score (nSPS) is 18.8. The second kappa shape index (κ2) is 5.83. The quantitative estimate of drug-likeness (QED) is 0.852. The molecule has 1 aromatic carbocycles. The molecule has 2 aromatic rings. The predicted molar refractivity (Wildman–Crippen MR) is 87.0 cm³/mol. The van der Waals surface area contributed by atoms with Gasteiger partial charge in [0.1, 0.15) is 5.84 Å². The Morgan fingerprint density at radius 3 is 2.70 bits per heavy atom. The van der Waals surface area contributed by atoms with Gasteiger partial charge in [-0.15, -0.1) is 11.3 Å².